The van der Waals surface area contributed by atoms with Gasteiger partial charge in [-0.05, 0) is 64.5 Å². The Kier molecular flexibility index (Phi) is 5.00. The molecule has 0 aromatic heterocycles. The lowest BCUT2D eigenvalue weighted by atomic mass is 9.83. The summed E-state index contributed by atoms with van der Waals surface area (Å²) in [6, 6.07) is 0. The monoisotopic (exact) mass is 281 g/mol. The number of likely N-dealkylation sites (tertiary alicyclic amines) is 1. The highest BCUT2D eigenvalue weighted by molar-refractivity contribution is 5.01. The molecule has 116 valence electrons. The summed E-state index contributed by atoms with van der Waals surface area (Å²) in [4.78, 5) is 2.64. The first-order valence-corrected chi connectivity index (χ1v) is 8.86. The number of nitrogens with zero attached hydrogens (tertiary/aromatic N) is 1. The van der Waals surface area contributed by atoms with Crippen LogP contribution in [0.25, 0.3) is 0 Å². The maximum atomic E-state index is 10.9. The van der Waals surface area contributed by atoms with Crippen molar-refractivity contribution in [1.82, 2.24) is 4.90 Å². The quantitative estimate of drug-likeness (QED) is 0.840. The highest BCUT2D eigenvalue weighted by atomic mass is 16.5. The van der Waals surface area contributed by atoms with Crippen LogP contribution in [0.5, 0.6) is 0 Å². The van der Waals surface area contributed by atoms with Gasteiger partial charge in [0, 0.05) is 12.1 Å². The minimum atomic E-state index is -0.146. The third-order valence-corrected chi connectivity index (χ3v) is 5.86. The molecular formula is C17H31NO2. The number of ether oxygens (including phenoxy) is 1. The van der Waals surface area contributed by atoms with E-state index in [1.54, 1.807) is 0 Å². The van der Waals surface area contributed by atoms with Crippen LogP contribution in [0.1, 0.15) is 70.6 Å². The van der Waals surface area contributed by atoms with Crippen LogP contribution in [-0.4, -0.2) is 47.4 Å². The topological polar surface area (TPSA) is 32.7 Å². The van der Waals surface area contributed by atoms with Crippen LogP contribution in [0.2, 0.25) is 0 Å². The fourth-order valence-electron chi connectivity index (χ4n) is 4.67. The van der Waals surface area contributed by atoms with Crippen LogP contribution in [0.4, 0.5) is 0 Å². The Morgan fingerprint density at radius 1 is 1.05 bits per heavy atom. The molecule has 2 atom stereocenters. The molecule has 0 radical (unpaired) electrons. The number of aliphatic hydroxyl groups excluding tert-OH is 1. The fraction of sp³-hybridized carbons (Fsp3) is 1.00. The van der Waals surface area contributed by atoms with Gasteiger partial charge in [0.25, 0.3) is 0 Å². The average Bonchev–Trinajstić information content (AvgIpc) is 3.18. The lowest BCUT2D eigenvalue weighted by molar-refractivity contribution is -0.0479. The summed E-state index contributed by atoms with van der Waals surface area (Å²) in [7, 11) is 0. The molecule has 1 aliphatic carbocycles. The van der Waals surface area contributed by atoms with Gasteiger partial charge in [-0.1, -0.05) is 19.3 Å². The molecule has 2 heterocycles. The summed E-state index contributed by atoms with van der Waals surface area (Å²) < 4.78 is 5.72. The van der Waals surface area contributed by atoms with Crippen molar-refractivity contribution >= 4 is 0 Å². The van der Waals surface area contributed by atoms with E-state index < -0.39 is 0 Å². The van der Waals surface area contributed by atoms with Crippen LogP contribution < -0.4 is 0 Å². The second-order valence-electron chi connectivity index (χ2n) is 7.09. The van der Waals surface area contributed by atoms with Gasteiger partial charge in [-0.25, -0.2) is 0 Å². The van der Waals surface area contributed by atoms with Crippen molar-refractivity contribution in [3.05, 3.63) is 0 Å². The largest absolute Gasteiger partial charge is 0.391 e. The molecule has 0 spiro atoms. The number of rotatable bonds is 5. The van der Waals surface area contributed by atoms with Gasteiger partial charge in [-0.3, -0.25) is 4.90 Å². The van der Waals surface area contributed by atoms with E-state index in [0.717, 1.165) is 19.4 Å². The van der Waals surface area contributed by atoms with Gasteiger partial charge in [0.1, 0.15) is 0 Å². The van der Waals surface area contributed by atoms with Gasteiger partial charge in [-0.15, -0.1) is 0 Å². The molecule has 3 nitrogen and oxygen atoms in total. The highest BCUT2D eigenvalue weighted by Gasteiger charge is 2.45. The Bertz CT molecular complexity index is 289. The number of piperidine rings is 1. The molecule has 3 aliphatic rings. The van der Waals surface area contributed by atoms with E-state index >= 15 is 0 Å². The zero-order valence-corrected chi connectivity index (χ0v) is 12.9. The molecule has 0 bridgehead atoms. The van der Waals surface area contributed by atoms with Crippen molar-refractivity contribution in [3.8, 4) is 0 Å². The molecule has 2 unspecified atom stereocenters. The molecular weight excluding hydrogens is 250 g/mol. The van der Waals surface area contributed by atoms with Crippen LogP contribution >= 0.6 is 0 Å². The minimum Gasteiger partial charge on any atom is -0.391 e. The van der Waals surface area contributed by atoms with Crippen molar-refractivity contribution in [2.75, 3.05) is 19.7 Å². The van der Waals surface area contributed by atoms with Gasteiger partial charge >= 0.3 is 0 Å². The van der Waals surface area contributed by atoms with Crippen molar-refractivity contribution in [1.29, 1.82) is 0 Å². The first-order valence-electron chi connectivity index (χ1n) is 8.86. The summed E-state index contributed by atoms with van der Waals surface area (Å²) in [5.41, 5.74) is 0.110. The van der Waals surface area contributed by atoms with Crippen molar-refractivity contribution < 1.29 is 9.84 Å². The molecule has 0 aromatic rings. The summed E-state index contributed by atoms with van der Waals surface area (Å²) >= 11 is 0. The van der Waals surface area contributed by atoms with Crippen molar-refractivity contribution in [3.63, 3.8) is 0 Å². The molecule has 1 saturated carbocycles. The van der Waals surface area contributed by atoms with E-state index in [-0.39, 0.29) is 11.6 Å². The molecule has 20 heavy (non-hydrogen) atoms. The van der Waals surface area contributed by atoms with Crippen molar-refractivity contribution in [2.45, 2.75) is 88.4 Å². The van der Waals surface area contributed by atoms with Gasteiger partial charge < -0.3 is 9.84 Å². The summed E-state index contributed by atoms with van der Waals surface area (Å²) in [6.07, 6.45) is 13.7. The van der Waals surface area contributed by atoms with Crippen LogP contribution in [0.3, 0.4) is 0 Å². The number of hydrogen-bond donors (Lipinski definition) is 1. The van der Waals surface area contributed by atoms with Gasteiger partial charge in [-0.2, -0.15) is 0 Å². The van der Waals surface area contributed by atoms with Crippen LogP contribution in [-0.2, 0) is 4.74 Å². The molecule has 0 amide bonds. The number of hydrogen-bond acceptors (Lipinski definition) is 3. The van der Waals surface area contributed by atoms with E-state index in [9.17, 15) is 5.11 Å². The lowest BCUT2D eigenvalue weighted by Gasteiger charge is -2.46. The first-order chi connectivity index (χ1) is 9.81. The van der Waals surface area contributed by atoms with E-state index in [0.29, 0.717) is 6.10 Å². The maximum absolute atomic E-state index is 10.9. The molecule has 3 rings (SSSR count). The highest BCUT2D eigenvalue weighted by Crippen LogP contribution is 2.41. The van der Waals surface area contributed by atoms with Gasteiger partial charge in [0.15, 0.2) is 0 Å². The Hall–Kier alpha value is -0.120. The lowest BCUT2D eigenvalue weighted by Crippen LogP contribution is -2.56. The summed E-state index contributed by atoms with van der Waals surface area (Å²) in [5.74, 6) is 0. The maximum Gasteiger partial charge on any atom is 0.0724 e. The molecule has 0 aromatic carbocycles. The SMILES string of the molecule is OC(CCC1CCCO1)C1(N2CCCCC2)CCCC1. The zero-order chi connectivity index (χ0) is 13.8. The molecule has 2 aliphatic heterocycles. The van der Waals surface area contributed by atoms with Crippen LogP contribution in [0.15, 0.2) is 0 Å². The molecule has 3 fully saturated rings. The van der Waals surface area contributed by atoms with E-state index in [2.05, 4.69) is 4.90 Å². The second-order valence-corrected chi connectivity index (χ2v) is 7.09. The van der Waals surface area contributed by atoms with Crippen molar-refractivity contribution in [2.24, 2.45) is 0 Å². The Morgan fingerprint density at radius 2 is 1.80 bits per heavy atom. The average molecular weight is 281 g/mol. The zero-order valence-electron chi connectivity index (χ0n) is 12.9. The summed E-state index contributed by atoms with van der Waals surface area (Å²) in [6.45, 7) is 3.34. The van der Waals surface area contributed by atoms with E-state index in [1.807, 2.05) is 0 Å². The van der Waals surface area contributed by atoms with E-state index in [1.165, 1.54) is 70.9 Å². The smallest absolute Gasteiger partial charge is 0.0724 e. The number of aliphatic hydroxyl groups is 1. The van der Waals surface area contributed by atoms with E-state index in [4.69, 9.17) is 4.74 Å². The molecule has 2 saturated heterocycles. The molecule has 3 heteroatoms. The van der Waals surface area contributed by atoms with Crippen LogP contribution in [0, 0.1) is 0 Å². The fourth-order valence-corrected chi connectivity index (χ4v) is 4.67. The second kappa shape index (κ2) is 6.76. The Morgan fingerprint density at radius 3 is 2.45 bits per heavy atom. The standard InChI is InChI=1S/C17H31NO2/c19-16(9-8-15-7-6-14-20-15)17(10-2-3-11-17)18-12-4-1-5-13-18/h15-16,19H,1-14H2. The molecule has 1 N–H and O–H groups in total. The summed E-state index contributed by atoms with van der Waals surface area (Å²) in [5, 5.41) is 10.9. The first kappa shape index (κ1) is 14.8. The third kappa shape index (κ3) is 3.05. The third-order valence-electron chi connectivity index (χ3n) is 5.86. The van der Waals surface area contributed by atoms with Gasteiger partial charge in [0.05, 0.1) is 12.2 Å². The normalized spacial score (nSPS) is 32.5. The van der Waals surface area contributed by atoms with Gasteiger partial charge in [0.2, 0.25) is 0 Å². The predicted octanol–water partition coefficient (Wildman–Crippen LogP) is 3.11. The Balaban J connectivity index is 1.59. The minimum absolute atomic E-state index is 0.110. The Labute approximate surface area is 123 Å². The predicted molar refractivity (Wildman–Crippen MR) is 80.8 cm³/mol.